The summed E-state index contributed by atoms with van der Waals surface area (Å²) < 4.78 is 27.6. The zero-order valence-electron chi connectivity index (χ0n) is 18.4. The quantitative estimate of drug-likeness (QED) is 0.432. The number of piperazine rings is 1. The Morgan fingerprint density at radius 2 is 1.83 bits per heavy atom. The molecule has 6 nitrogen and oxygen atoms in total. The van der Waals surface area contributed by atoms with Crippen LogP contribution >= 0.6 is 0 Å². The molecule has 2 aliphatic heterocycles. The highest BCUT2D eigenvalue weighted by atomic mass is 19.1. The van der Waals surface area contributed by atoms with E-state index in [1.807, 2.05) is 4.90 Å². The van der Waals surface area contributed by atoms with Crippen molar-refractivity contribution in [2.75, 3.05) is 83.9 Å². The van der Waals surface area contributed by atoms with Crippen molar-refractivity contribution in [2.24, 2.45) is 4.99 Å². The standard InChI is InChI=1S/C22H36F2N6/c1-3-25-22(26-8-4-10-28-11-5-9-27(2)12-13-28)30-16-14-29(15-17-30)21-18-19(23)6-7-20(21)24/h6-7,18H,3-5,8-17H2,1-2H3,(H,25,26). The van der Waals surface area contributed by atoms with Gasteiger partial charge in [0.15, 0.2) is 5.96 Å². The Morgan fingerprint density at radius 3 is 2.60 bits per heavy atom. The summed E-state index contributed by atoms with van der Waals surface area (Å²) in [5, 5.41) is 3.38. The highest BCUT2D eigenvalue weighted by Gasteiger charge is 2.22. The van der Waals surface area contributed by atoms with Crippen LogP contribution in [0.25, 0.3) is 0 Å². The van der Waals surface area contributed by atoms with Gasteiger partial charge in [-0.3, -0.25) is 4.99 Å². The summed E-state index contributed by atoms with van der Waals surface area (Å²) >= 11 is 0. The molecule has 30 heavy (non-hydrogen) atoms. The first-order chi connectivity index (χ1) is 14.6. The first-order valence-electron chi connectivity index (χ1n) is 11.2. The Bertz CT molecular complexity index is 690. The first-order valence-corrected chi connectivity index (χ1v) is 11.2. The van der Waals surface area contributed by atoms with Crippen LogP contribution in [0.15, 0.2) is 23.2 Å². The van der Waals surface area contributed by atoms with Crippen molar-refractivity contribution in [3.05, 3.63) is 29.8 Å². The van der Waals surface area contributed by atoms with Gasteiger partial charge in [-0.25, -0.2) is 8.78 Å². The third-order valence-electron chi connectivity index (χ3n) is 5.87. The number of hydrogen-bond donors (Lipinski definition) is 1. The van der Waals surface area contributed by atoms with E-state index in [0.717, 1.165) is 64.3 Å². The fourth-order valence-electron chi connectivity index (χ4n) is 4.12. The van der Waals surface area contributed by atoms with Crippen molar-refractivity contribution in [2.45, 2.75) is 19.8 Å². The molecule has 2 saturated heterocycles. The molecule has 8 heteroatoms. The molecule has 1 N–H and O–H groups in total. The molecule has 0 atom stereocenters. The summed E-state index contributed by atoms with van der Waals surface area (Å²) in [7, 11) is 2.19. The largest absolute Gasteiger partial charge is 0.366 e. The average molecular weight is 423 g/mol. The lowest BCUT2D eigenvalue weighted by atomic mass is 10.2. The molecule has 0 bridgehead atoms. The second kappa shape index (κ2) is 11.5. The number of anilines is 1. The highest BCUT2D eigenvalue weighted by molar-refractivity contribution is 5.80. The van der Waals surface area contributed by atoms with Crippen LogP contribution in [0.5, 0.6) is 0 Å². The van der Waals surface area contributed by atoms with Crippen molar-refractivity contribution < 1.29 is 8.78 Å². The Balaban J connectivity index is 1.48. The number of halogens is 2. The summed E-state index contributed by atoms with van der Waals surface area (Å²) in [5.74, 6) is 0.150. The molecular weight excluding hydrogens is 386 g/mol. The van der Waals surface area contributed by atoms with Gasteiger partial charge < -0.3 is 24.9 Å². The molecule has 2 heterocycles. The minimum absolute atomic E-state index is 0.347. The Morgan fingerprint density at radius 1 is 1.03 bits per heavy atom. The van der Waals surface area contributed by atoms with E-state index in [0.29, 0.717) is 18.8 Å². The Labute approximate surface area is 179 Å². The number of hydrogen-bond acceptors (Lipinski definition) is 4. The Kier molecular flexibility index (Phi) is 8.69. The van der Waals surface area contributed by atoms with Crippen molar-refractivity contribution in [1.82, 2.24) is 20.0 Å². The summed E-state index contributed by atoms with van der Waals surface area (Å²) in [6.45, 7) is 12.2. The minimum atomic E-state index is -0.403. The van der Waals surface area contributed by atoms with Crippen LogP contribution in [0, 0.1) is 11.6 Å². The maximum absolute atomic E-state index is 14.1. The summed E-state index contributed by atoms with van der Waals surface area (Å²) in [5.41, 5.74) is 0.347. The van der Waals surface area contributed by atoms with Crippen molar-refractivity contribution in [1.29, 1.82) is 0 Å². The number of likely N-dealkylation sites (N-methyl/N-ethyl adjacent to an activating group) is 1. The van der Waals surface area contributed by atoms with E-state index in [2.05, 4.69) is 34.0 Å². The fraction of sp³-hybridized carbons (Fsp3) is 0.682. The lowest BCUT2D eigenvalue weighted by Crippen LogP contribution is -2.52. The summed E-state index contributed by atoms with van der Waals surface area (Å²) in [6.07, 6.45) is 2.28. The van der Waals surface area contributed by atoms with Gasteiger partial charge in [-0.2, -0.15) is 0 Å². The molecule has 0 aliphatic carbocycles. The molecule has 0 saturated carbocycles. The molecule has 0 radical (unpaired) electrons. The monoisotopic (exact) mass is 422 g/mol. The van der Waals surface area contributed by atoms with Gasteiger partial charge in [-0.05, 0) is 58.6 Å². The minimum Gasteiger partial charge on any atom is -0.366 e. The fourth-order valence-corrected chi connectivity index (χ4v) is 4.12. The van der Waals surface area contributed by atoms with Gasteiger partial charge in [0.2, 0.25) is 0 Å². The molecule has 1 aromatic rings. The van der Waals surface area contributed by atoms with Gasteiger partial charge in [-0.15, -0.1) is 0 Å². The molecule has 0 aromatic heterocycles. The van der Waals surface area contributed by atoms with Gasteiger partial charge in [-0.1, -0.05) is 0 Å². The Hall–Kier alpha value is -1.93. The van der Waals surface area contributed by atoms with Crippen LogP contribution in [0.1, 0.15) is 19.8 Å². The molecule has 2 aliphatic rings. The van der Waals surface area contributed by atoms with Gasteiger partial charge in [0, 0.05) is 58.4 Å². The molecule has 0 amide bonds. The number of nitrogens with zero attached hydrogens (tertiary/aromatic N) is 5. The number of aliphatic imine (C=N–C) groups is 1. The van der Waals surface area contributed by atoms with Crippen molar-refractivity contribution >= 4 is 11.6 Å². The van der Waals surface area contributed by atoms with Crippen LogP contribution in [0.3, 0.4) is 0 Å². The van der Waals surface area contributed by atoms with E-state index in [4.69, 9.17) is 4.99 Å². The highest BCUT2D eigenvalue weighted by Crippen LogP contribution is 2.22. The third-order valence-corrected chi connectivity index (χ3v) is 5.87. The topological polar surface area (TPSA) is 37.4 Å². The lowest BCUT2D eigenvalue weighted by Gasteiger charge is -2.37. The van der Waals surface area contributed by atoms with Crippen LogP contribution in [0.2, 0.25) is 0 Å². The number of rotatable bonds is 6. The lowest BCUT2D eigenvalue weighted by molar-refractivity contribution is 0.274. The zero-order valence-corrected chi connectivity index (χ0v) is 18.4. The summed E-state index contributed by atoms with van der Waals surface area (Å²) in [6, 6.07) is 3.64. The predicted octanol–water partition coefficient (Wildman–Crippen LogP) is 2.08. The van der Waals surface area contributed by atoms with E-state index in [1.54, 1.807) is 0 Å². The maximum atomic E-state index is 14.1. The first kappa shape index (κ1) is 22.7. The smallest absolute Gasteiger partial charge is 0.194 e. The van der Waals surface area contributed by atoms with Crippen LogP contribution in [0.4, 0.5) is 14.5 Å². The van der Waals surface area contributed by atoms with Gasteiger partial charge in [0.25, 0.3) is 0 Å². The second-order valence-electron chi connectivity index (χ2n) is 8.16. The molecule has 0 unspecified atom stereocenters. The maximum Gasteiger partial charge on any atom is 0.194 e. The van der Waals surface area contributed by atoms with Crippen molar-refractivity contribution in [3.63, 3.8) is 0 Å². The van der Waals surface area contributed by atoms with Gasteiger partial charge in [0.05, 0.1) is 5.69 Å². The molecule has 3 rings (SSSR count). The average Bonchev–Trinajstić information content (AvgIpc) is 2.96. The molecule has 1 aromatic carbocycles. The molecule has 2 fully saturated rings. The normalized spacial score (nSPS) is 19.8. The van der Waals surface area contributed by atoms with Gasteiger partial charge in [0.1, 0.15) is 11.6 Å². The number of nitrogens with one attached hydrogen (secondary N) is 1. The number of guanidine groups is 1. The SMILES string of the molecule is CCNC(=NCCCN1CCCN(C)CC1)N1CCN(c2cc(F)ccc2F)CC1. The van der Waals surface area contributed by atoms with Gasteiger partial charge >= 0.3 is 0 Å². The van der Waals surface area contributed by atoms with E-state index in [9.17, 15) is 8.78 Å². The molecule has 0 spiro atoms. The van der Waals surface area contributed by atoms with E-state index in [-0.39, 0.29) is 5.82 Å². The van der Waals surface area contributed by atoms with E-state index < -0.39 is 5.82 Å². The predicted molar refractivity (Wildman–Crippen MR) is 119 cm³/mol. The second-order valence-corrected chi connectivity index (χ2v) is 8.16. The van der Waals surface area contributed by atoms with Crippen LogP contribution < -0.4 is 10.2 Å². The van der Waals surface area contributed by atoms with E-state index >= 15 is 0 Å². The number of benzene rings is 1. The van der Waals surface area contributed by atoms with Crippen LogP contribution in [-0.2, 0) is 0 Å². The summed E-state index contributed by atoms with van der Waals surface area (Å²) in [4.78, 5) is 13.9. The van der Waals surface area contributed by atoms with Crippen molar-refractivity contribution in [3.8, 4) is 0 Å². The third kappa shape index (κ3) is 6.54. The van der Waals surface area contributed by atoms with E-state index in [1.165, 1.54) is 31.6 Å². The molecular formula is C22H36F2N6. The zero-order chi connectivity index (χ0) is 21.3. The van der Waals surface area contributed by atoms with Crippen LogP contribution in [-0.4, -0.2) is 99.7 Å². The molecule has 168 valence electrons.